The molecule has 10 heteroatoms. The Balaban J connectivity index is 0. The van der Waals surface area contributed by atoms with E-state index in [4.69, 9.17) is 20.1 Å². The van der Waals surface area contributed by atoms with Crippen LogP contribution in [-0.4, -0.2) is 46.4 Å². The van der Waals surface area contributed by atoms with E-state index in [-0.39, 0.29) is 0 Å². The Morgan fingerprint density at radius 2 is 1.47 bits per heavy atom. The van der Waals surface area contributed by atoms with Crippen LogP contribution < -0.4 is 0 Å². The van der Waals surface area contributed by atoms with Crippen molar-refractivity contribution in [3.63, 3.8) is 0 Å². The number of rotatable bonds is 2. The maximum absolute atomic E-state index is 11.4. The molecule has 3 N–H and O–H groups in total. The van der Waals surface area contributed by atoms with Crippen molar-refractivity contribution in [1.29, 1.82) is 0 Å². The van der Waals surface area contributed by atoms with E-state index in [0.29, 0.717) is 0 Å². The van der Waals surface area contributed by atoms with E-state index in [9.17, 15) is 26.3 Å². The second kappa shape index (κ2) is 5.75. The van der Waals surface area contributed by atoms with Crippen LogP contribution in [0.1, 0.15) is 0 Å². The number of aliphatic hydroxyl groups is 2. The zero-order chi connectivity index (χ0) is 12.9. The van der Waals surface area contributed by atoms with Gasteiger partial charge in [-0.15, -0.1) is 0 Å². The van der Waals surface area contributed by atoms with Crippen molar-refractivity contribution in [2.45, 2.75) is 18.5 Å². The van der Waals surface area contributed by atoms with Crippen LogP contribution in [0.2, 0.25) is 0 Å². The third-order valence-electron chi connectivity index (χ3n) is 0.822. The van der Waals surface area contributed by atoms with Gasteiger partial charge in [-0.3, -0.25) is 0 Å². The van der Waals surface area contributed by atoms with Crippen LogP contribution in [0.15, 0.2) is 0 Å². The molecule has 0 heterocycles. The summed E-state index contributed by atoms with van der Waals surface area (Å²) in [4.78, 5) is 9.12. The molecule has 0 aliphatic rings. The summed E-state index contributed by atoms with van der Waals surface area (Å²) in [5.41, 5.74) is 0. The standard InChI is InChI=1S/C3H2F6O.C2H4O3/c4-1(5)2(6,10)3(7,8)9;3-1-2(4)5/h1,10H;3H,1H2,(H,4,5). The number of aliphatic carboxylic acids is 1. The molecule has 0 aliphatic carbocycles. The number of halogens is 6. The Morgan fingerprint density at radius 3 is 1.47 bits per heavy atom. The molecule has 1 unspecified atom stereocenters. The van der Waals surface area contributed by atoms with Gasteiger partial charge in [-0.05, 0) is 0 Å². The van der Waals surface area contributed by atoms with Crippen LogP contribution in [0.4, 0.5) is 26.3 Å². The van der Waals surface area contributed by atoms with Gasteiger partial charge in [0.15, 0.2) is 0 Å². The van der Waals surface area contributed by atoms with Crippen molar-refractivity contribution in [1.82, 2.24) is 0 Å². The number of hydrogen-bond donors (Lipinski definition) is 3. The van der Waals surface area contributed by atoms with Crippen LogP contribution in [-0.2, 0) is 4.79 Å². The summed E-state index contributed by atoms with van der Waals surface area (Å²) in [7, 11) is 0. The van der Waals surface area contributed by atoms with Gasteiger partial charge in [-0.1, -0.05) is 0 Å². The minimum absolute atomic E-state index is 0.778. The number of aliphatic hydroxyl groups excluding tert-OH is 1. The van der Waals surface area contributed by atoms with E-state index in [1.807, 2.05) is 0 Å². The molecule has 0 aliphatic heterocycles. The zero-order valence-electron chi connectivity index (χ0n) is 6.80. The van der Waals surface area contributed by atoms with Crippen LogP contribution in [0.3, 0.4) is 0 Å². The molecule has 0 saturated heterocycles. The Bertz CT molecular complexity index is 200. The Morgan fingerprint density at radius 1 is 1.20 bits per heavy atom. The largest absolute Gasteiger partial charge is 0.480 e. The Kier molecular flexibility index (Phi) is 6.29. The van der Waals surface area contributed by atoms with E-state index in [1.165, 1.54) is 0 Å². The third-order valence-corrected chi connectivity index (χ3v) is 0.822. The molecule has 0 aromatic carbocycles. The first kappa shape index (κ1) is 16.4. The molecule has 1 atom stereocenters. The van der Waals surface area contributed by atoms with Crippen molar-refractivity contribution in [2.75, 3.05) is 6.61 Å². The Labute approximate surface area is 78.7 Å². The molecule has 4 nitrogen and oxygen atoms in total. The molecular formula is C5H6F6O4. The van der Waals surface area contributed by atoms with Crippen molar-refractivity contribution in [3.05, 3.63) is 0 Å². The first-order valence-corrected chi connectivity index (χ1v) is 3.05. The molecule has 0 aromatic heterocycles. The second-order valence-corrected chi connectivity index (χ2v) is 2.02. The number of alkyl halides is 6. The number of carboxylic acids is 1. The molecule has 0 rings (SSSR count). The van der Waals surface area contributed by atoms with E-state index in [1.54, 1.807) is 0 Å². The lowest BCUT2D eigenvalue weighted by molar-refractivity contribution is -0.352. The molecule has 92 valence electrons. The normalized spacial score (nSPS) is 15.3. The van der Waals surface area contributed by atoms with Gasteiger partial charge < -0.3 is 15.3 Å². The highest BCUT2D eigenvalue weighted by atomic mass is 19.4. The SMILES string of the molecule is O=C(O)CO.OC(F)(C(F)F)C(F)(F)F. The smallest absolute Gasteiger partial charge is 0.454 e. The molecule has 0 spiro atoms. The molecule has 0 amide bonds. The van der Waals surface area contributed by atoms with Gasteiger partial charge in [-0.25, -0.2) is 13.6 Å². The van der Waals surface area contributed by atoms with Gasteiger partial charge in [0.05, 0.1) is 0 Å². The quantitative estimate of drug-likeness (QED) is 0.619. The fraction of sp³-hybridized carbons (Fsp3) is 0.800. The monoisotopic (exact) mass is 244 g/mol. The van der Waals surface area contributed by atoms with Crippen LogP contribution in [0, 0.1) is 0 Å². The third kappa shape index (κ3) is 6.12. The highest BCUT2D eigenvalue weighted by Gasteiger charge is 2.62. The van der Waals surface area contributed by atoms with Gasteiger partial charge in [-0.2, -0.15) is 17.6 Å². The van der Waals surface area contributed by atoms with E-state index in [2.05, 4.69) is 0 Å². The van der Waals surface area contributed by atoms with Crippen molar-refractivity contribution in [2.24, 2.45) is 0 Å². The van der Waals surface area contributed by atoms with Gasteiger partial charge in [0, 0.05) is 0 Å². The van der Waals surface area contributed by atoms with E-state index >= 15 is 0 Å². The highest BCUT2D eigenvalue weighted by molar-refractivity contribution is 5.67. The molecule has 0 aromatic rings. The van der Waals surface area contributed by atoms with Crippen molar-refractivity contribution in [3.8, 4) is 0 Å². The number of hydrogen-bond acceptors (Lipinski definition) is 3. The summed E-state index contributed by atoms with van der Waals surface area (Å²) in [5.74, 6) is -6.59. The number of carboxylic acid groups (broad SMARTS) is 1. The van der Waals surface area contributed by atoms with Crippen LogP contribution in [0.25, 0.3) is 0 Å². The average molecular weight is 244 g/mol. The first-order valence-electron chi connectivity index (χ1n) is 3.05. The summed E-state index contributed by atoms with van der Waals surface area (Å²) >= 11 is 0. The minimum atomic E-state index is -5.94. The molecule has 0 bridgehead atoms. The topological polar surface area (TPSA) is 77.8 Å². The Hall–Kier alpha value is -1.03. The summed E-state index contributed by atoms with van der Waals surface area (Å²) in [5, 5.41) is 22.4. The first-order chi connectivity index (χ1) is 6.46. The lowest BCUT2D eigenvalue weighted by atomic mass is 10.3. The van der Waals surface area contributed by atoms with Crippen molar-refractivity contribution < 1.29 is 46.5 Å². The highest BCUT2D eigenvalue weighted by Crippen LogP contribution is 2.36. The molecule has 0 fully saturated rings. The fourth-order valence-corrected chi connectivity index (χ4v) is 0.124. The summed E-state index contributed by atoms with van der Waals surface area (Å²) in [6.45, 7) is -0.778. The van der Waals surface area contributed by atoms with Gasteiger partial charge in [0.25, 0.3) is 0 Å². The molecule has 0 saturated carbocycles. The van der Waals surface area contributed by atoms with E-state index < -0.39 is 31.0 Å². The number of carbonyl (C=O) groups is 1. The van der Waals surface area contributed by atoms with Gasteiger partial charge in [0.1, 0.15) is 6.61 Å². The average Bonchev–Trinajstić information content (AvgIpc) is 2.03. The maximum Gasteiger partial charge on any atom is 0.454 e. The van der Waals surface area contributed by atoms with Gasteiger partial charge in [0.2, 0.25) is 0 Å². The van der Waals surface area contributed by atoms with E-state index in [0.717, 1.165) is 0 Å². The lowest BCUT2D eigenvalue weighted by Gasteiger charge is -2.20. The maximum atomic E-state index is 11.4. The molecule has 0 radical (unpaired) electrons. The molecule has 15 heavy (non-hydrogen) atoms. The van der Waals surface area contributed by atoms with Gasteiger partial charge >= 0.3 is 24.4 Å². The second-order valence-electron chi connectivity index (χ2n) is 2.02. The fourth-order valence-electron chi connectivity index (χ4n) is 0.124. The molecular weight excluding hydrogens is 238 g/mol. The minimum Gasteiger partial charge on any atom is -0.480 e. The summed E-state index contributed by atoms with van der Waals surface area (Å²) in [6, 6.07) is 0. The lowest BCUT2D eigenvalue weighted by Crippen LogP contribution is -2.47. The van der Waals surface area contributed by atoms with Crippen LogP contribution in [0.5, 0.6) is 0 Å². The predicted octanol–water partition coefficient (Wildman–Crippen LogP) is 0.535. The van der Waals surface area contributed by atoms with Crippen LogP contribution >= 0.6 is 0 Å². The predicted molar refractivity (Wildman–Crippen MR) is 32.8 cm³/mol. The summed E-state index contributed by atoms with van der Waals surface area (Å²) < 4.78 is 66.3. The zero-order valence-corrected chi connectivity index (χ0v) is 6.80. The summed E-state index contributed by atoms with van der Waals surface area (Å²) in [6.07, 6.45) is -10.4. The van der Waals surface area contributed by atoms with Crippen molar-refractivity contribution >= 4 is 5.97 Å².